The SMILES string of the molecule is CC[C@@H](C(=O)[C@@H](C)[C@@H](O)[C@H](C)[C@@H]1O[C@@H](CC(=O)O)CC[C@@H]1C)[C@H]1O[C@]2(C=CC(NC(C)=O)[C@]3(CC[C@@](C)([C@H]4CC[C@@H](C)[C@H](C)O4)O3)O2)[C@H](C)C[C@@H]1C. The molecule has 0 aliphatic carbocycles. The third kappa shape index (κ3) is 8.20. The summed E-state index contributed by atoms with van der Waals surface area (Å²) in [5.41, 5.74) is -0.626. The van der Waals surface area contributed by atoms with Crippen LogP contribution in [0.3, 0.4) is 0 Å². The Balaban J connectivity index is 1.36. The van der Waals surface area contributed by atoms with Crippen LogP contribution >= 0.6 is 0 Å². The summed E-state index contributed by atoms with van der Waals surface area (Å²) in [4.78, 5) is 38.3. The third-order valence-corrected chi connectivity index (χ3v) is 13.6. The Morgan fingerprint density at radius 2 is 1.62 bits per heavy atom. The van der Waals surface area contributed by atoms with Gasteiger partial charge in [-0.05, 0) is 82.6 Å². The molecule has 3 N–H and O–H groups in total. The number of ether oxygens (including phenoxy) is 5. The second-order valence-corrected chi connectivity index (χ2v) is 17.6. The lowest BCUT2D eigenvalue weighted by atomic mass is 9.72. The van der Waals surface area contributed by atoms with Gasteiger partial charge in [0, 0.05) is 37.0 Å². The maximum Gasteiger partial charge on any atom is 0.305 e. The average Bonchev–Trinajstić information content (AvgIpc) is 3.42. The van der Waals surface area contributed by atoms with Gasteiger partial charge in [-0.2, -0.15) is 0 Å². The van der Waals surface area contributed by atoms with Crippen molar-refractivity contribution in [2.24, 2.45) is 41.4 Å². The zero-order valence-electron chi connectivity index (χ0n) is 33.3. The van der Waals surface area contributed by atoms with Crippen LogP contribution in [0.1, 0.15) is 127 Å². The average molecular weight is 734 g/mol. The van der Waals surface area contributed by atoms with Crippen LogP contribution in [0.25, 0.3) is 0 Å². The highest BCUT2D eigenvalue weighted by Crippen LogP contribution is 2.53. The normalized spacial score (nSPS) is 44.6. The molecule has 52 heavy (non-hydrogen) atoms. The number of aliphatic carboxylic acids is 1. The molecule has 0 saturated carbocycles. The minimum Gasteiger partial charge on any atom is -0.481 e. The minimum atomic E-state index is -1.19. The molecule has 1 amide bonds. The number of nitrogens with one attached hydrogen (secondary N) is 1. The van der Waals surface area contributed by atoms with Crippen molar-refractivity contribution in [3.05, 3.63) is 12.2 Å². The second kappa shape index (κ2) is 16.1. The van der Waals surface area contributed by atoms with Gasteiger partial charge < -0.3 is 39.2 Å². The van der Waals surface area contributed by atoms with Crippen molar-refractivity contribution in [1.82, 2.24) is 5.32 Å². The Morgan fingerprint density at radius 1 is 0.923 bits per heavy atom. The van der Waals surface area contributed by atoms with E-state index in [1.807, 2.05) is 26.0 Å². The zero-order valence-corrected chi connectivity index (χ0v) is 33.3. The second-order valence-electron chi connectivity index (χ2n) is 17.6. The summed E-state index contributed by atoms with van der Waals surface area (Å²) >= 11 is 0. The molecule has 11 heteroatoms. The number of ketones is 1. The molecule has 5 aliphatic rings. The summed E-state index contributed by atoms with van der Waals surface area (Å²) in [6, 6.07) is -0.536. The van der Waals surface area contributed by atoms with E-state index in [9.17, 15) is 24.6 Å². The molecule has 17 atom stereocenters. The molecule has 1 unspecified atom stereocenters. The lowest BCUT2D eigenvalue weighted by molar-refractivity contribution is -0.397. The topological polar surface area (TPSA) is 150 Å². The Labute approximate surface area is 311 Å². The number of rotatable bonds is 11. The van der Waals surface area contributed by atoms with Gasteiger partial charge in [-0.25, -0.2) is 0 Å². The van der Waals surface area contributed by atoms with Gasteiger partial charge in [0.2, 0.25) is 5.91 Å². The third-order valence-electron chi connectivity index (χ3n) is 13.6. The predicted octanol–water partition coefficient (Wildman–Crippen LogP) is 6.19. The van der Waals surface area contributed by atoms with Gasteiger partial charge in [0.05, 0.1) is 48.6 Å². The first-order valence-electron chi connectivity index (χ1n) is 20.1. The smallest absolute Gasteiger partial charge is 0.305 e. The standard InChI is InChI=1S/C41H67NO10/c1-11-31(36(47)26(6)35(46)27(7)37-23(3)12-14-30(49-37)21-34(44)45)38-24(4)20-25(5)40(50-38)17-16-32(42-29(9)43)41(52-40)19-18-39(10,51-41)33-15-13-22(2)28(8)48-33/h16-17,22-28,30-33,35,37-38,46H,11-15,18-21H2,1-10H3,(H,42,43)(H,44,45)/t22-,23+,24+,25-,26+,27+,28+,30-,31+,32?,33-,35-,37-,38+,39+,40+,41+/m1/s1. The number of aliphatic hydroxyl groups is 1. The fraction of sp³-hybridized carbons (Fsp3) is 0.878. The first-order valence-corrected chi connectivity index (χ1v) is 20.1. The van der Waals surface area contributed by atoms with Crippen molar-refractivity contribution in [2.75, 3.05) is 0 Å². The van der Waals surface area contributed by atoms with E-state index in [2.05, 4.69) is 46.9 Å². The lowest BCUT2D eigenvalue weighted by Crippen LogP contribution is -2.65. The van der Waals surface area contributed by atoms with E-state index in [-0.39, 0.29) is 60.1 Å². The zero-order chi connectivity index (χ0) is 38.3. The van der Waals surface area contributed by atoms with E-state index in [1.165, 1.54) is 6.92 Å². The maximum atomic E-state index is 14.4. The number of amides is 1. The number of carbonyl (C=O) groups excluding carboxylic acids is 2. The fourth-order valence-corrected chi connectivity index (χ4v) is 10.0. The molecule has 0 aromatic carbocycles. The van der Waals surface area contributed by atoms with E-state index < -0.39 is 59.3 Å². The number of carboxylic acid groups (broad SMARTS) is 1. The van der Waals surface area contributed by atoms with Crippen LogP contribution in [0, 0.1) is 41.4 Å². The molecule has 5 aliphatic heterocycles. The Hall–Kier alpha value is -1.89. The van der Waals surface area contributed by atoms with Crippen molar-refractivity contribution in [1.29, 1.82) is 0 Å². The number of hydrogen-bond donors (Lipinski definition) is 3. The quantitative estimate of drug-likeness (QED) is 0.210. The van der Waals surface area contributed by atoms with Gasteiger partial charge in [-0.15, -0.1) is 0 Å². The molecule has 0 aromatic heterocycles. The van der Waals surface area contributed by atoms with E-state index >= 15 is 0 Å². The largest absolute Gasteiger partial charge is 0.481 e. The van der Waals surface area contributed by atoms with Gasteiger partial charge in [0.25, 0.3) is 0 Å². The molecule has 5 rings (SSSR count). The van der Waals surface area contributed by atoms with Crippen molar-refractivity contribution < 1.29 is 48.3 Å². The molecular formula is C41H67NO10. The number of hydrogen-bond acceptors (Lipinski definition) is 9. The van der Waals surface area contributed by atoms with Crippen LogP contribution in [-0.2, 0) is 38.1 Å². The highest BCUT2D eigenvalue weighted by molar-refractivity contribution is 5.84. The van der Waals surface area contributed by atoms with Crippen molar-refractivity contribution >= 4 is 17.7 Å². The molecule has 4 saturated heterocycles. The van der Waals surface area contributed by atoms with E-state index in [0.29, 0.717) is 31.6 Å². The molecule has 11 nitrogen and oxygen atoms in total. The molecule has 0 bridgehead atoms. The van der Waals surface area contributed by atoms with E-state index in [1.54, 1.807) is 6.92 Å². The maximum absolute atomic E-state index is 14.4. The number of carboxylic acids is 1. The van der Waals surface area contributed by atoms with Crippen LogP contribution in [0.4, 0.5) is 0 Å². The number of aliphatic hydroxyl groups excluding tert-OH is 1. The summed E-state index contributed by atoms with van der Waals surface area (Å²) in [6.45, 7) is 19.9. The molecule has 0 radical (unpaired) electrons. The Morgan fingerprint density at radius 3 is 2.25 bits per heavy atom. The summed E-state index contributed by atoms with van der Waals surface area (Å²) in [5.74, 6) is -4.56. The summed E-state index contributed by atoms with van der Waals surface area (Å²) in [6.07, 6.45) is 7.46. The van der Waals surface area contributed by atoms with Gasteiger partial charge in [0.15, 0.2) is 11.6 Å². The highest BCUT2D eigenvalue weighted by atomic mass is 16.8. The number of carbonyl (C=O) groups is 3. The first kappa shape index (κ1) is 41.3. The highest BCUT2D eigenvalue weighted by Gasteiger charge is 2.63. The van der Waals surface area contributed by atoms with Crippen LogP contribution < -0.4 is 5.32 Å². The van der Waals surface area contributed by atoms with Gasteiger partial charge in [-0.1, -0.05) is 54.5 Å². The molecule has 0 aromatic rings. The lowest BCUT2D eigenvalue weighted by Gasteiger charge is -2.55. The monoisotopic (exact) mass is 733 g/mol. The molecule has 296 valence electrons. The Bertz CT molecular complexity index is 1320. The first-order chi connectivity index (χ1) is 24.3. The van der Waals surface area contributed by atoms with Crippen molar-refractivity contribution in [2.45, 2.75) is 187 Å². The molecule has 5 heterocycles. The fourth-order valence-electron chi connectivity index (χ4n) is 10.0. The van der Waals surface area contributed by atoms with E-state index in [4.69, 9.17) is 23.7 Å². The van der Waals surface area contributed by atoms with Crippen LogP contribution in [-0.4, -0.2) is 87.7 Å². The van der Waals surface area contributed by atoms with Gasteiger partial charge in [0.1, 0.15) is 11.8 Å². The van der Waals surface area contributed by atoms with Crippen LogP contribution in [0.15, 0.2) is 12.2 Å². The van der Waals surface area contributed by atoms with Crippen molar-refractivity contribution in [3.63, 3.8) is 0 Å². The number of Topliss-reactive ketones (excluding diaryl/α,β-unsaturated/α-hetero) is 1. The molecule has 4 fully saturated rings. The molecule has 2 spiro atoms. The summed E-state index contributed by atoms with van der Waals surface area (Å²) < 4.78 is 34.0. The van der Waals surface area contributed by atoms with Crippen LogP contribution in [0.2, 0.25) is 0 Å². The van der Waals surface area contributed by atoms with Gasteiger partial charge >= 0.3 is 5.97 Å². The summed E-state index contributed by atoms with van der Waals surface area (Å²) in [5, 5.41) is 24.1. The van der Waals surface area contributed by atoms with Gasteiger partial charge in [-0.3, -0.25) is 14.4 Å². The summed E-state index contributed by atoms with van der Waals surface area (Å²) in [7, 11) is 0. The van der Waals surface area contributed by atoms with Crippen molar-refractivity contribution in [3.8, 4) is 0 Å². The molecular weight excluding hydrogens is 666 g/mol. The minimum absolute atomic E-state index is 0.0321. The Kier molecular flexibility index (Phi) is 12.8. The predicted molar refractivity (Wildman–Crippen MR) is 195 cm³/mol. The van der Waals surface area contributed by atoms with E-state index in [0.717, 1.165) is 25.7 Å². The van der Waals surface area contributed by atoms with Crippen LogP contribution in [0.5, 0.6) is 0 Å².